The van der Waals surface area contributed by atoms with Gasteiger partial charge in [-0.1, -0.05) is 29.8 Å². The van der Waals surface area contributed by atoms with Gasteiger partial charge in [0.1, 0.15) is 11.8 Å². The van der Waals surface area contributed by atoms with Crippen LogP contribution in [-0.4, -0.2) is 17.4 Å². The van der Waals surface area contributed by atoms with Gasteiger partial charge in [0.05, 0.1) is 0 Å². The van der Waals surface area contributed by atoms with Crippen molar-refractivity contribution in [2.75, 3.05) is 6.54 Å². The highest BCUT2D eigenvalue weighted by Gasteiger charge is 2.06. The number of nitriles is 1. The standard InChI is InChI=1S/C15H12ClN3O/c16-14-4-2-1-3-11(14)5-8-19-15(20)12-6-7-18-13(9-12)10-17/h1-4,6-7,9H,5,8H2,(H,19,20). The number of pyridine rings is 1. The van der Waals surface area contributed by atoms with Crippen molar-refractivity contribution in [1.82, 2.24) is 10.3 Å². The number of benzene rings is 1. The van der Waals surface area contributed by atoms with E-state index >= 15 is 0 Å². The molecule has 0 bridgehead atoms. The molecule has 1 aromatic heterocycles. The first kappa shape index (κ1) is 14.0. The number of carbonyl (C=O) groups is 1. The van der Waals surface area contributed by atoms with E-state index in [1.54, 1.807) is 6.07 Å². The van der Waals surface area contributed by atoms with E-state index in [0.717, 1.165) is 5.56 Å². The van der Waals surface area contributed by atoms with Crippen LogP contribution >= 0.6 is 11.6 Å². The van der Waals surface area contributed by atoms with Gasteiger partial charge in [0.2, 0.25) is 0 Å². The zero-order valence-corrected chi connectivity index (χ0v) is 11.4. The summed E-state index contributed by atoms with van der Waals surface area (Å²) >= 11 is 6.04. The largest absolute Gasteiger partial charge is 0.352 e. The number of aromatic nitrogens is 1. The van der Waals surface area contributed by atoms with Crippen molar-refractivity contribution in [1.29, 1.82) is 5.26 Å². The Balaban J connectivity index is 1.93. The van der Waals surface area contributed by atoms with Gasteiger partial charge in [-0.15, -0.1) is 0 Å². The van der Waals surface area contributed by atoms with Gasteiger partial charge in [-0.2, -0.15) is 5.26 Å². The summed E-state index contributed by atoms with van der Waals surface area (Å²) in [7, 11) is 0. The van der Waals surface area contributed by atoms with Crippen LogP contribution in [0.25, 0.3) is 0 Å². The molecule has 2 aromatic rings. The summed E-state index contributed by atoms with van der Waals surface area (Å²) in [5.74, 6) is -0.226. The minimum atomic E-state index is -0.226. The summed E-state index contributed by atoms with van der Waals surface area (Å²) < 4.78 is 0. The van der Waals surface area contributed by atoms with Gasteiger partial charge in [0.15, 0.2) is 0 Å². The molecule has 0 fully saturated rings. The third-order valence-corrected chi connectivity index (χ3v) is 3.14. The highest BCUT2D eigenvalue weighted by Crippen LogP contribution is 2.14. The monoisotopic (exact) mass is 285 g/mol. The van der Waals surface area contributed by atoms with Gasteiger partial charge in [0, 0.05) is 23.3 Å². The Bertz CT molecular complexity index is 664. The van der Waals surface area contributed by atoms with Crippen molar-refractivity contribution in [3.8, 4) is 6.07 Å². The van der Waals surface area contributed by atoms with Crippen LogP contribution in [0.2, 0.25) is 5.02 Å². The van der Waals surface area contributed by atoms with Crippen LogP contribution in [0.3, 0.4) is 0 Å². The van der Waals surface area contributed by atoms with Gasteiger partial charge in [-0.25, -0.2) is 4.98 Å². The lowest BCUT2D eigenvalue weighted by Crippen LogP contribution is -2.25. The fraction of sp³-hybridized carbons (Fsp3) is 0.133. The molecule has 2 rings (SSSR count). The molecule has 4 nitrogen and oxygen atoms in total. The van der Waals surface area contributed by atoms with Crippen molar-refractivity contribution in [2.45, 2.75) is 6.42 Å². The number of nitrogens with one attached hydrogen (secondary N) is 1. The average Bonchev–Trinajstić information content (AvgIpc) is 2.49. The molecule has 0 saturated heterocycles. The molecule has 0 aliphatic heterocycles. The van der Waals surface area contributed by atoms with Gasteiger partial charge in [0.25, 0.3) is 5.91 Å². The van der Waals surface area contributed by atoms with E-state index in [0.29, 0.717) is 23.6 Å². The van der Waals surface area contributed by atoms with Gasteiger partial charge in [-0.05, 0) is 30.2 Å². The molecule has 0 atom stereocenters. The lowest BCUT2D eigenvalue weighted by Gasteiger charge is -2.06. The number of nitrogens with zero attached hydrogens (tertiary/aromatic N) is 2. The quantitative estimate of drug-likeness (QED) is 0.939. The molecule has 0 aliphatic rings. The Morgan fingerprint density at radius 2 is 2.15 bits per heavy atom. The minimum Gasteiger partial charge on any atom is -0.352 e. The number of halogens is 1. The molecule has 0 radical (unpaired) electrons. The van der Waals surface area contributed by atoms with Crippen LogP contribution in [0.4, 0.5) is 0 Å². The van der Waals surface area contributed by atoms with E-state index in [1.165, 1.54) is 12.3 Å². The van der Waals surface area contributed by atoms with Crippen molar-refractivity contribution in [3.05, 3.63) is 64.4 Å². The summed E-state index contributed by atoms with van der Waals surface area (Å²) in [5.41, 5.74) is 1.64. The molecule has 0 aliphatic carbocycles. The Labute approximate surface area is 122 Å². The topological polar surface area (TPSA) is 65.8 Å². The van der Waals surface area contributed by atoms with Crippen LogP contribution in [-0.2, 0) is 6.42 Å². The first-order valence-electron chi connectivity index (χ1n) is 6.08. The van der Waals surface area contributed by atoms with Crippen LogP contribution in [0, 0.1) is 11.3 Å². The lowest BCUT2D eigenvalue weighted by atomic mass is 10.1. The molecule has 0 unspecified atom stereocenters. The van der Waals surface area contributed by atoms with E-state index in [1.807, 2.05) is 30.3 Å². The van der Waals surface area contributed by atoms with Gasteiger partial charge in [-0.3, -0.25) is 4.79 Å². The molecule has 1 aromatic carbocycles. The van der Waals surface area contributed by atoms with Gasteiger partial charge >= 0.3 is 0 Å². The van der Waals surface area contributed by atoms with Crippen molar-refractivity contribution in [3.63, 3.8) is 0 Å². The average molecular weight is 286 g/mol. The van der Waals surface area contributed by atoms with E-state index in [9.17, 15) is 4.79 Å². The summed E-state index contributed by atoms with van der Waals surface area (Å²) in [6.45, 7) is 0.479. The second-order valence-corrected chi connectivity index (χ2v) is 4.55. The molecule has 1 heterocycles. The highest BCUT2D eigenvalue weighted by atomic mass is 35.5. The van der Waals surface area contributed by atoms with Crippen LogP contribution in [0.15, 0.2) is 42.6 Å². The molecule has 5 heteroatoms. The third kappa shape index (κ3) is 3.56. The summed E-state index contributed by atoms with van der Waals surface area (Å²) in [4.78, 5) is 15.7. The molecule has 1 N–H and O–H groups in total. The fourth-order valence-electron chi connectivity index (χ4n) is 1.75. The third-order valence-electron chi connectivity index (χ3n) is 2.77. The maximum absolute atomic E-state index is 11.9. The van der Waals surface area contributed by atoms with E-state index in [4.69, 9.17) is 16.9 Å². The van der Waals surface area contributed by atoms with Crippen LogP contribution in [0.5, 0.6) is 0 Å². The molecule has 1 amide bonds. The first-order valence-corrected chi connectivity index (χ1v) is 6.46. The lowest BCUT2D eigenvalue weighted by molar-refractivity contribution is 0.0954. The Kier molecular flexibility index (Phi) is 4.70. The molecular weight excluding hydrogens is 274 g/mol. The Morgan fingerprint density at radius 3 is 2.90 bits per heavy atom. The predicted octanol–water partition coefficient (Wildman–Crippen LogP) is 2.58. The van der Waals surface area contributed by atoms with E-state index in [2.05, 4.69) is 10.3 Å². The second-order valence-electron chi connectivity index (χ2n) is 4.14. The maximum atomic E-state index is 11.9. The SMILES string of the molecule is N#Cc1cc(C(=O)NCCc2ccccc2Cl)ccn1. The number of carbonyl (C=O) groups excluding carboxylic acids is 1. The number of rotatable bonds is 4. The highest BCUT2D eigenvalue weighted by molar-refractivity contribution is 6.31. The van der Waals surface area contributed by atoms with Gasteiger partial charge < -0.3 is 5.32 Å². The second kappa shape index (κ2) is 6.69. The van der Waals surface area contributed by atoms with Crippen LogP contribution in [0.1, 0.15) is 21.6 Å². The predicted molar refractivity (Wildman–Crippen MR) is 76.4 cm³/mol. The number of hydrogen-bond acceptors (Lipinski definition) is 3. The normalized spacial score (nSPS) is 9.80. The Hall–Kier alpha value is -2.38. The molecular formula is C15H12ClN3O. The maximum Gasteiger partial charge on any atom is 0.251 e. The zero-order chi connectivity index (χ0) is 14.4. The number of amides is 1. The Morgan fingerprint density at radius 1 is 1.35 bits per heavy atom. The van der Waals surface area contributed by atoms with E-state index in [-0.39, 0.29) is 11.6 Å². The van der Waals surface area contributed by atoms with Crippen molar-refractivity contribution < 1.29 is 4.79 Å². The first-order chi connectivity index (χ1) is 9.70. The summed E-state index contributed by atoms with van der Waals surface area (Å²) in [5, 5.41) is 12.2. The molecule has 0 saturated carbocycles. The molecule has 0 spiro atoms. The summed E-state index contributed by atoms with van der Waals surface area (Å²) in [6.07, 6.45) is 2.10. The smallest absolute Gasteiger partial charge is 0.251 e. The minimum absolute atomic E-state index is 0.226. The number of hydrogen-bond donors (Lipinski definition) is 1. The fourth-order valence-corrected chi connectivity index (χ4v) is 1.98. The van der Waals surface area contributed by atoms with Crippen molar-refractivity contribution in [2.24, 2.45) is 0 Å². The summed E-state index contributed by atoms with van der Waals surface area (Å²) in [6, 6.07) is 12.5. The van der Waals surface area contributed by atoms with Crippen LogP contribution < -0.4 is 5.32 Å². The van der Waals surface area contributed by atoms with E-state index < -0.39 is 0 Å². The molecule has 100 valence electrons. The molecule has 20 heavy (non-hydrogen) atoms. The zero-order valence-electron chi connectivity index (χ0n) is 10.6. The van der Waals surface area contributed by atoms with Crippen molar-refractivity contribution >= 4 is 17.5 Å².